The molecule has 0 aromatic carbocycles. The molecule has 1 N–H and O–H groups in total. The number of nitrogens with one attached hydrogen (secondary N) is 1. The van der Waals surface area contributed by atoms with Crippen LogP contribution in [0.4, 0.5) is 0 Å². The predicted octanol–water partition coefficient (Wildman–Crippen LogP) is 2.27. The Morgan fingerprint density at radius 1 is 1.44 bits per heavy atom. The number of hydrogen-bond donors (Lipinski definition) is 1. The molecule has 2 fully saturated rings. The van der Waals surface area contributed by atoms with E-state index in [0.717, 1.165) is 25.1 Å². The van der Waals surface area contributed by atoms with Crippen molar-refractivity contribution in [1.82, 2.24) is 10.2 Å². The Labute approximate surface area is 112 Å². The second-order valence-corrected chi connectivity index (χ2v) is 5.97. The molecule has 0 aromatic rings. The van der Waals surface area contributed by atoms with Crippen LogP contribution in [0, 0.1) is 5.92 Å². The Bertz CT molecular complexity index is 229. The number of piperazine rings is 1. The zero-order valence-electron chi connectivity index (χ0n) is 12.2. The molecule has 0 bridgehead atoms. The maximum atomic E-state index is 5.71. The van der Waals surface area contributed by atoms with E-state index in [1.807, 2.05) is 0 Å². The highest BCUT2D eigenvalue weighted by Crippen LogP contribution is 2.20. The summed E-state index contributed by atoms with van der Waals surface area (Å²) in [6.07, 6.45) is 6.97. The first kappa shape index (κ1) is 14.3. The molecule has 2 saturated heterocycles. The Morgan fingerprint density at radius 3 is 3.06 bits per heavy atom. The van der Waals surface area contributed by atoms with Gasteiger partial charge in [0, 0.05) is 32.3 Å². The summed E-state index contributed by atoms with van der Waals surface area (Å²) in [6.45, 7) is 10.5. The van der Waals surface area contributed by atoms with Gasteiger partial charge in [-0.3, -0.25) is 4.90 Å². The highest BCUT2D eigenvalue weighted by molar-refractivity contribution is 4.83. The van der Waals surface area contributed by atoms with Crippen LogP contribution >= 0.6 is 0 Å². The minimum Gasteiger partial charge on any atom is -0.378 e. The summed E-state index contributed by atoms with van der Waals surface area (Å²) in [6, 6.07) is 0.744. The fraction of sp³-hybridized carbons (Fsp3) is 1.00. The van der Waals surface area contributed by atoms with E-state index >= 15 is 0 Å². The van der Waals surface area contributed by atoms with Gasteiger partial charge in [0.1, 0.15) is 0 Å². The molecule has 106 valence electrons. The van der Waals surface area contributed by atoms with Crippen molar-refractivity contribution in [2.75, 3.05) is 32.8 Å². The molecule has 18 heavy (non-hydrogen) atoms. The van der Waals surface area contributed by atoms with Crippen LogP contribution in [-0.4, -0.2) is 49.8 Å². The molecule has 0 spiro atoms. The summed E-state index contributed by atoms with van der Waals surface area (Å²) >= 11 is 0. The molecular weight excluding hydrogens is 224 g/mol. The first-order valence-electron chi connectivity index (χ1n) is 7.87. The van der Waals surface area contributed by atoms with E-state index in [1.54, 1.807) is 0 Å². The van der Waals surface area contributed by atoms with Crippen molar-refractivity contribution in [1.29, 1.82) is 0 Å². The van der Waals surface area contributed by atoms with Crippen molar-refractivity contribution in [3.05, 3.63) is 0 Å². The van der Waals surface area contributed by atoms with Crippen molar-refractivity contribution in [3.63, 3.8) is 0 Å². The van der Waals surface area contributed by atoms with Gasteiger partial charge in [0.15, 0.2) is 0 Å². The molecule has 2 heterocycles. The van der Waals surface area contributed by atoms with Crippen LogP contribution in [0.5, 0.6) is 0 Å². The van der Waals surface area contributed by atoms with Gasteiger partial charge in [-0.05, 0) is 38.1 Å². The predicted molar refractivity (Wildman–Crippen MR) is 75.9 cm³/mol. The average Bonchev–Trinajstić information content (AvgIpc) is 2.92. The lowest BCUT2D eigenvalue weighted by molar-refractivity contribution is 0.0842. The van der Waals surface area contributed by atoms with Gasteiger partial charge in [0.25, 0.3) is 0 Å². The Morgan fingerprint density at radius 2 is 2.33 bits per heavy atom. The van der Waals surface area contributed by atoms with E-state index in [1.165, 1.54) is 51.7 Å². The molecule has 0 aliphatic carbocycles. The highest BCUT2D eigenvalue weighted by Gasteiger charge is 2.26. The molecule has 2 aliphatic heterocycles. The zero-order chi connectivity index (χ0) is 12.8. The van der Waals surface area contributed by atoms with Crippen molar-refractivity contribution >= 4 is 0 Å². The lowest BCUT2D eigenvalue weighted by Gasteiger charge is -2.39. The molecule has 0 amide bonds. The highest BCUT2D eigenvalue weighted by atomic mass is 16.5. The largest absolute Gasteiger partial charge is 0.378 e. The molecule has 3 nitrogen and oxygen atoms in total. The van der Waals surface area contributed by atoms with E-state index in [0.29, 0.717) is 6.10 Å². The molecule has 2 aliphatic rings. The van der Waals surface area contributed by atoms with Crippen LogP contribution in [0.2, 0.25) is 0 Å². The number of nitrogens with zero attached hydrogens (tertiary/aromatic N) is 1. The quantitative estimate of drug-likeness (QED) is 0.787. The maximum Gasteiger partial charge on any atom is 0.0576 e. The van der Waals surface area contributed by atoms with Crippen molar-refractivity contribution < 1.29 is 4.74 Å². The van der Waals surface area contributed by atoms with Gasteiger partial charge in [-0.15, -0.1) is 0 Å². The van der Waals surface area contributed by atoms with E-state index in [2.05, 4.69) is 24.1 Å². The van der Waals surface area contributed by atoms with Crippen LogP contribution in [-0.2, 0) is 4.74 Å². The van der Waals surface area contributed by atoms with Gasteiger partial charge in [-0.2, -0.15) is 0 Å². The summed E-state index contributed by atoms with van der Waals surface area (Å²) in [7, 11) is 0. The summed E-state index contributed by atoms with van der Waals surface area (Å²) < 4.78 is 5.71. The Hall–Kier alpha value is -0.120. The van der Waals surface area contributed by atoms with Crippen molar-refractivity contribution in [2.45, 2.75) is 58.1 Å². The number of ether oxygens (including phenoxy) is 1. The third-order valence-electron chi connectivity index (χ3n) is 4.69. The summed E-state index contributed by atoms with van der Waals surface area (Å²) in [5.41, 5.74) is 0. The normalized spacial score (nSPS) is 31.7. The van der Waals surface area contributed by atoms with Crippen LogP contribution < -0.4 is 5.32 Å². The third kappa shape index (κ3) is 3.94. The monoisotopic (exact) mass is 254 g/mol. The van der Waals surface area contributed by atoms with E-state index < -0.39 is 0 Å². The van der Waals surface area contributed by atoms with Gasteiger partial charge >= 0.3 is 0 Å². The van der Waals surface area contributed by atoms with Crippen LogP contribution in [0.25, 0.3) is 0 Å². The van der Waals surface area contributed by atoms with Crippen LogP contribution in [0.3, 0.4) is 0 Å². The minimum atomic E-state index is 0.565. The fourth-order valence-corrected chi connectivity index (χ4v) is 3.27. The SMILES string of the molecule is CCC(C)C1CNCCN1CCCC1CCCO1. The van der Waals surface area contributed by atoms with Crippen molar-refractivity contribution in [2.24, 2.45) is 5.92 Å². The molecule has 0 radical (unpaired) electrons. The van der Waals surface area contributed by atoms with Crippen molar-refractivity contribution in [3.8, 4) is 0 Å². The maximum absolute atomic E-state index is 5.71. The summed E-state index contributed by atoms with van der Waals surface area (Å²) in [5, 5.41) is 3.55. The smallest absolute Gasteiger partial charge is 0.0576 e. The number of hydrogen-bond acceptors (Lipinski definition) is 3. The van der Waals surface area contributed by atoms with E-state index in [9.17, 15) is 0 Å². The van der Waals surface area contributed by atoms with Gasteiger partial charge in [0.2, 0.25) is 0 Å². The Balaban J connectivity index is 1.71. The van der Waals surface area contributed by atoms with Gasteiger partial charge in [-0.25, -0.2) is 0 Å². The molecular formula is C15H30N2O. The summed E-state index contributed by atoms with van der Waals surface area (Å²) in [4.78, 5) is 2.71. The number of rotatable bonds is 6. The lowest BCUT2D eigenvalue weighted by Crippen LogP contribution is -2.54. The molecule has 3 atom stereocenters. The first-order chi connectivity index (χ1) is 8.81. The van der Waals surface area contributed by atoms with Gasteiger partial charge in [-0.1, -0.05) is 20.3 Å². The van der Waals surface area contributed by atoms with Gasteiger partial charge in [0.05, 0.1) is 6.10 Å². The molecule has 0 saturated carbocycles. The summed E-state index contributed by atoms with van der Waals surface area (Å²) in [5.74, 6) is 0.806. The van der Waals surface area contributed by atoms with Crippen LogP contribution in [0.1, 0.15) is 46.0 Å². The molecule has 0 aromatic heterocycles. The standard InChI is InChI=1S/C15H30N2O/c1-3-13(2)15-12-16-8-10-17(15)9-4-6-14-7-5-11-18-14/h13-16H,3-12H2,1-2H3. The lowest BCUT2D eigenvalue weighted by atomic mass is 9.95. The van der Waals surface area contributed by atoms with E-state index in [4.69, 9.17) is 4.74 Å². The second-order valence-electron chi connectivity index (χ2n) is 5.97. The molecule has 3 unspecified atom stereocenters. The molecule has 3 heteroatoms. The third-order valence-corrected chi connectivity index (χ3v) is 4.69. The van der Waals surface area contributed by atoms with Crippen LogP contribution in [0.15, 0.2) is 0 Å². The topological polar surface area (TPSA) is 24.5 Å². The Kier molecular flexibility index (Phi) is 5.93. The average molecular weight is 254 g/mol. The van der Waals surface area contributed by atoms with E-state index in [-0.39, 0.29) is 0 Å². The second kappa shape index (κ2) is 7.46. The van der Waals surface area contributed by atoms with Gasteiger partial charge < -0.3 is 10.1 Å². The molecule has 2 rings (SSSR count). The minimum absolute atomic E-state index is 0.565. The fourth-order valence-electron chi connectivity index (χ4n) is 3.27. The first-order valence-corrected chi connectivity index (χ1v) is 7.87. The zero-order valence-corrected chi connectivity index (χ0v) is 12.2.